The minimum absolute atomic E-state index is 0.0565. The molecule has 2 unspecified atom stereocenters. The summed E-state index contributed by atoms with van der Waals surface area (Å²) in [6.45, 7) is 8.68. The fraction of sp³-hybridized carbons (Fsp3) is 0.615. The average Bonchev–Trinajstić information content (AvgIpc) is 3.10. The molecule has 2 aromatic heterocycles. The Morgan fingerprint density at radius 3 is 2.34 bits per heavy atom. The molecule has 9 heteroatoms. The molecular formula is C26H31F3N2O4. The fourth-order valence-electron chi connectivity index (χ4n) is 5.82. The van der Waals surface area contributed by atoms with Crippen molar-refractivity contribution in [1.82, 2.24) is 9.97 Å². The van der Waals surface area contributed by atoms with Gasteiger partial charge in [-0.25, -0.2) is 0 Å². The Balaban J connectivity index is 1.76. The van der Waals surface area contributed by atoms with Gasteiger partial charge in [-0.2, -0.15) is 13.2 Å². The summed E-state index contributed by atoms with van der Waals surface area (Å²) in [6, 6.07) is 2.37. The predicted molar refractivity (Wildman–Crippen MR) is 121 cm³/mol. The maximum atomic E-state index is 13.2. The molecule has 0 bridgehead atoms. The van der Waals surface area contributed by atoms with Gasteiger partial charge in [-0.15, -0.1) is 0 Å². The Kier molecular flexibility index (Phi) is 5.79. The van der Waals surface area contributed by atoms with Gasteiger partial charge in [0.05, 0.1) is 28.7 Å². The summed E-state index contributed by atoms with van der Waals surface area (Å²) in [4.78, 5) is 9.05. The quantitative estimate of drug-likeness (QED) is 0.597. The van der Waals surface area contributed by atoms with E-state index in [1.807, 2.05) is 27.7 Å². The summed E-state index contributed by atoms with van der Waals surface area (Å²) in [5.41, 5.74) is 1.48. The van der Waals surface area contributed by atoms with E-state index in [1.54, 1.807) is 0 Å². The number of fused-ring (bicyclic) bond motifs is 4. The first-order valence-corrected chi connectivity index (χ1v) is 12.1. The van der Waals surface area contributed by atoms with E-state index in [2.05, 4.69) is 4.98 Å². The van der Waals surface area contributed by atoms with Crippen molar-refractivity contribution in [2.24, 2.45) is 5.41 Å². The minimum Gasteiger partial charge on any atom is -0.388 e. The molecule has 5 rings (SSSR count). The zero-order chi connectivity index (χ0) is 25.3. The number of hydrogen-bond donors (Lipinski definition) is 2. The normalized spacial score (nSPS) is 27.2. The lowest BCUT2D eigenvalue weighted by atomic mass is 9.68. The third-order valence-corrected chi connectivity index (χ3v) is 7.67. The van der Waals surface area contributed by atoms with Crippen molar-refractivity contribution in [2.45, 2.75) is 83.0 Å². The highest BCUT2D eigenvalue weighted by molar-refractivity contribution is 5.54. The average molecular weight is 493 g/mol. The van der Waals surface area contributed by atoms with Gasteiger partial charge < -0.3 is 19.7 Å². The second-order valence-corrected chi connectivity index (χ2v) is 10.9. The van der Waals surface area contributed by atoms with Gasteiger partial charge >= 0.3 is 6.18 Å². The summed E-state index contributed by atoms with van der Waals surface area (Å²) < 4.78 is 51.9. The molecule has 35 heavy (non-hydrogen) atoms. The lowest BCUT2D eigenvalue weighted by Crippen LogP contribution is -2.38. The first kappa shape index (κ1) is 24.6. The van der Waals surface area contributed by atoms with Crippen molar-refractivity contribution in [3.05, 3.63) is 57.7 Å². The Morgan fingerprint density at radius 1 is 1.09 bits per heavy atom. The summed E-state index contributed by atoms with van der Waals surface area (Å²) in [5, 5.41) is 22.6. The van der Waals surface area contributed by atoms with Crippen molar-refractivity contribution in [3.63, 3.8) is 0 Å². The van der Waals surface area contributed by atoms with Gasteiger partial charge in [0, 0.05) is 49.1 Å². The molecule has 2 aliphatic heterocycles. The number of aliphatic hydroxyl groups is 2. The van der Waals surface area contributed by atoms with E-state index in [-0.39, 0.29) is 5.92 Å². The number of ether oxygens (including phenoxy) is 2. The zero-order valence-corrected chi connectivity index (χ0v) is 20.3. The van der Waals surface area contributed by atoms with Crippen LogP contribution in [0.1, 0.15) is 111 Å². The number of nitrogens with zero attached hydrogens (tertiary/aromatic N) is 2. The Hall–Kier alpha value is -2.07. The number of aromatic nitrogens is 2. The van der Waals surface area contributed by atoms with E-state index >= 15 is 0 Å². The van der Waals surface area contributed by atoms with Crippen LogP contribution in [-0.4, -0.2) is 33.4 Å². The molecule has 0 radical (unpaired) electrons. The maximum Gasteiger partial charge on any atom is 0.417 e. The van der Waals surface area contributed by atoms with Crippen LogP contribution < -0.4 is 0 Å². The Labute approximate surface area is 202 Å². The van der Waals surface area contributed by atoms with E-state index in [9.17, 15) is 23.4 Å². The lowest BCUT2D eigenvalue weighted by molar-refractivity contribution is -0.138. The van der Waals surface area contributed by atoms with Crippen LogP contribution in [0.4, 0.5) is 13.2 Å². The standard InChI is InChI=1S/C26H31F3N2O4/c1-13(2)20-18-19(17-16(32)11-24(3,4)23(33)21(17)31-20)25(7-9-34-10-8-25)35-22(18)15-6-5-14(12-30-15)26(27,28)29/h5-6,12-13,16,22-23,32-33H,7-11H2,1-4H3/t16?,22?,23-/m1/s1. The Bertz CT molecular complexity index is 1120. The Morgan fingerprint density at radius 2 is 1.77 bits per heavy atom. The highest BCUT2D eigenvalue weighted by Crippen LogP contribution is 2.59. The molecule has 0 saturated carbocycles. The largest absolute Gasteiger partial charge is 0.417 e. The maximum absolute atomic E-state index is 13.2. The molecule has 3 atom stereocenters. The van der Waals surface area contributed by atoms with Crippen molar-refractivity contribution in [1.29, 1.82) is 0 Å². The summed E-state index contributed by atoms with van der Waals surface area (Å²) in [6.07, 6.45) is -4.72. The van der Waals surface area contributed by atoms with Gasteiger partial charge in [-0.1, -0.05) is 27.7 Å². The molecule has 6 nitrogen and oxygen atoms in total. The van der Waals surface area contributed by atoms with Crippen LogP contribution in [0, 0.1) is 5.41 Å². The smallest absolute Gasteiger partial charge is 0.388 e. The minimum atomic E-state index is -4.49. The molecule has 4 heterocycles. The summed E-state index contributed by atoms with van der Waals surface area (Å²) in [5.74, 6) is -0.0565. The fourth-order valence-corrected chi connectivity index (χ4v) is 5.82. The van der Waals surface area contributed by atoms with E-state index in [1.165, 1.54) is 6.07 Å². The molecule has 0 amide bonds. The van der Waals surface area contributed by atoms with Gasteiger partial charge in [-0.3, -0.25) is 9.97 Å². The molecule has 1 spiro atoms. The number of pyridine rings is 2. The number of aliphatic hydroxyl groups excluding tert-OH is 2. The van der Waals surface area contributed by atoms with Crippen LogP contribution in [0.25, 0.3) is 0 Å². The van der Waals surface area contributed by atoms with Crippen molar-refractivity contribution in [3.8, 4) is 0 Å². The van der Waals surface area contributed by atoms with Crippen molar-refractivity contribution >= 4 is 0 Å². The topological polar surface area (TPSA) is 84.7 Å². The molecule has 1 fully saturated rings. The lowest BCUT2D eigenvalue weighted by Gasteiger charge is -2.42. The molecule has 2 N–H and O–H groups in total. The number of alkyl halides is 3. The third-order valence-electron chi connectivity index (χ3n) is 7.67. The monoisotopic (exact) mass is 492 g/mol. The van der Waals surface area contributed by atoms with Crippen LogP contribution in [0.15, 0.2) is 18.3 Å². The molecule has 3 aliphatic rings. The molecule has 190 valence electrons. The number of rotatable bonds is 2. The van der Waals surface area contributed by atoms with Crippen LogP contribution in [0.5, 0.6) is 0 Å². The van der Waals surface area contributed by atoms with Gasteiger partial charge in [0.1, 0.15) is 12.2 Å². The van der Waals surface area contributed by atoms with Gasteiger partial charge in [0.15, 0.2) is 0 Å². The van der Waals surface area contributed by atoms with E-state index < -0.39 is 41.1 Å². The predicted octanol–water partition coefficient (Wildman–Crippen LogP) is 5.24. The van der Waals surface area contributed by atoms with Crippen LogP contribution >= 0.6 is 0 Å². The van der Waals surface area contributed by atoms with Crippen molar-refractivity contribution < 1.29 is 32.9 Å². The molecular weight excluding hydrogens is 461 g/mol. The molecule has 1 aliphatic carbocycles. The second-order valence-electron chi connectivity index (χ2n) is 10.9. The van der Waals surface area contributed by atoms with Gasteiger partial charge in [0.25, 0.3) is 0 Å². The van der Waals surface area contributed by atoms with E-state index in [4.69, 9.17) is 14.5 Å². The van der Waals surface area contributed by atoms with Crippen LogP contribution in [0.3, 0.4) is 0 Å². The number of hydrogen-bond acceptors (Lipinski definition) is 6. The van der Waals surface area contributed by atoms with E-state index in [0.29, 0.717) is 55.1 Å². The third kappa shape index (κ3) is 3.87. The highest BCUT2D eigenvalue weighted by Gasteiger charge is 2.54. The highest BCUT2D eigenvalue weighted by atomic mass is 19.4. The van der Waals surface area contributed by atoms with Gasteiger partial charge in [0.2, 0.25) is 0 Å². The second kappa shape index (κ2) is 8.23. The van der Waals surface area contributed by atoms with E-state index in [0.717, 1.165) is 23.4 Å². The summed E-state index contributed by atoms with van der Waals surface area (Å²) in [7, 11) is 0. The van der Waals surface area contributed by atoms with Crippen LogP contribution in [0.2, 0.25) is 0 Å². The molecule has 0 aromatic carbocycles. The SMILES string of the molecule is CC(C)c1nc2c(c3c1C(c1ccc(C(F)(F)F)cn1)OC31CCOCC1)C(O)CC(C)(C)[C@@H]2O. The number of halogens is 3. The first-order chi connectivity index (χ1) is 16.4. The van der Waals surface area contributed by atoms with Crippen molar-refractivity contribution in [2.75, 3.05) is 13.2 Å². The van der Waals surface area contributed by atoms with Crippen LogP contribution in [-0.2, 0) is 21.3 Å². The summed E-state index contributed by atoms with van der Waals surface area (Å²) >= 11 is 0. The first-order valence-electron chi connectivity index (χ1n) is 12.1. The molecule has 2 aromatic rings. The zero-order valence-electron chi connectivity index (χ0n) is 20.3. The molecule has 1 saturated heterocycles. The van der Waals surface area contributed by atoms with Gasteiger partial charge in [-0.05, 0) is 35.4 Å².